The second-order valence-corrected chi connectivity index (χ2v) is 7.22. The van der Waals surface area contributed by atoms with Gasteiger partial charge in [0.25, 0.3) is 0 Å². The number of ether oxygens (including phenoxy) is 1. The van der Waals surface area contributed by atoms with Gasteiger partial charge in [0.1, 0.15) is 5.75 Å². The molecule has 0 radical (unpaired) electrons. The molecule has 0 unspecified atom stereocenters. The van der Waals surface area contributed by atoms with Crippen molar-refractivity contribution in [2.24, 2.45) is 0 Å². The maximum Gasteiger partial charge on any atom is 0.246 e. The zero-order valence-corrected chi connectivity index (χ0v) is 16.9. The number of amides is 2. The standard InChI is InChI=1S/C24H28N2O3/c1-20-9-12-22(13-10-20)29-19-5-8-23(27)25-15-17-26(18-16-25)24(28)14-11-21-6-3-2-4-7-21/h2-4,6-7,9-14H,5,8,15-19H2,1H3/b14-11+. The van der Waals surface area contributed by atoms with Crippen LogP contribution in [0.5, 0.6) is 5.75 Å². The highest BCUT2D eigenvalue weighted by molar-refractivity contribution is 5.92. The fourth-order valence-electron chi connectivity index (χ4n) is 3.22. The first-order chi connectivity index (χ1) is 14.1. The van der Waals surface area contributed by atoms with Crippen LogP contribution in [0.3, 0.4) is 0 Å². The number of carbonyl (C=O) groups excluding carboxylic acids is 2. The predicted octanol–water partition coefficient (Wildman–Crippen LogP) is 3.54. The highest BCUT2D eigenvalue weighted by Crippen LogP contribution is 2.12. The van der Waals surface area contributed by atoms with Crippen molar-refractivity contribution in [1.29, 1.82) is 0 Å². The lowest BCUT2D eigenvalue weighted by molar-refractivity contribution is -0.137. The summed E-state index contributed by atoms with van der Waals surface area (Å²) in [6.07, 6.45) is 4.59. The van der Waals surface area contributed by atoms with Crippen LogP contribution in [0.2, 0.25) is 0 Å². The third-order valence-electron chi connectivity index (χ3n) is 4.99. The van der Waals surface area contributed by atoms with Gasteiger partial charge in [-0.05, 0) is 37.1 Å². The Bertz CT molecular complexity index is 823. The molecule has 0 aromatic heterocycles. The molecule has 0 N–H and O–H groups in total. The van der Waals surface area contributed by atoms with E-state index in [0.717, 1.165) is 11.3 Å². The summed E-state index contributed by atoms with van der Waals surface area (Å²) in [5.41, 5.74) is 2.20. The lowest BCUT2D eigenvalue weighted by Crippen LogP contribution is -2.50. The highest BCUT2D eigenvalue weighted by Gasteiger charge is 2.22. The molecule has 2 amide bonds. The van der Waals surface area contributed by atoms with Gasteiger partial charge >= 0.3 is 0 Å². The molecule has 5 nitrogen and oxygen atoms in total. The Morgan fingerprint density at radius 2 is 1.59 bits per heavy atom. The second-order valence-electron chi connectivity index (χ2n) is 7.22. The third-order valence-corrected chi connectivity index (χ3v) is 4.99. The highest BCUT2D eigenvalue weighted by atomic mass is 16.5. The molecule has 1 saturated heterocycles. The first-order valence-corrected chi connectivity index (χ1v) is 10.1. The summed E-state index contributed by atoms with van der Waals surface area (Å²) >= 11 is 0. The average molecular weight is 392 g/mol. The van der Waals surface area contributed by atoms with E-state index >= 15 is 0 Å². The van der Waals surface area contributed by atoms with Crippen LogP contribution in [-0.4, -0.2) is 54.4 Å². The smallest absolute Gasteiger partial charge is 0.246 e. The van der Waals surface area contributed by atoms with Crippen molar-refractivity contribution in [3.8, 4) is 5.75 Å². The van der Waals surface area contributed by atoms with Crippen molar-refractivity contribution in [3.05, 3.63) is 71.8 Å². The van der Waals surface area contributed by atoms with Crippen LogP contribution in [0, 0.1) is 6.92 Å². The summed E-state index contributed by atoms with van der Waals surface area (Å²) in [7, 11) is 0. The second kappa shape index (κ2) is 10.5. The van der Waals surface area contributed by atoms with Crippen molar-refractivity contribution in [2.75, 3.05) is 32.8 Å². The molecule has 1 aliphatic rings. The van der Waals surface area contributed by atoms with Gasteiger partial charge in [-0.15, -0.1) is 0 Å². The van der Waals surface area contributed by atoms with Crippen molar-refractivity contribution < 1.29 is 14.3 Å². The number of hydrogen-bond acceptors (Lipinski definition) is 3. The van der Waals surface area contributed by atoms with E-state index < -0.39 is 0 Å². The first kappa shape index (κ1) is 20.6. The third kappa shape index (κ3) is 6.49. The van der Waals surface area contributed by atoms with Gasteiger partial charge in [0.15, 0.2) is 0 Å². The molecule has 2 aromatic rings. The van der Waals surface area contributed by atoms with E-state index in [0.29, 0.717) is 45.6 Å². The fourth-order valence-corrected chi connectivity index (χ4v) is 3.22. The fraction of sp³-hybridized carbons (Fsp3) is 0.333. The summed E-state index contributed by atoms with van der Waals surface area (Å²) in [6.45, 7) is 4.88. The Balaban J connectivity index is 1.35. The van der Waals surface area contributed by atoms with Gasteiger partial charge < -0.3 is 14.5 Å². The Morgan fingerprint density at radius 3 is 2.28 bits per heavy atom. The lowest BCUT2D eigenvalue weighted by atomic mass is 10.2. The maximum absolute atomic E-state index is 12.4. The molecule has 152 valence electrons. The van der Waals surface area contributed by atoms with E-state index in [-0.39, 0.29) is 11.8 Å². The van der Waals surface area contributed by atoms with Gasteiger partial charge in [-0.1, -0.05) is 48.0 Å². The van der Waals surface area contributed by atoms with Gasteiger partial charge in [-0.2, -0.15) is 0 Å². The minimum atomic E-state index is -0.00699. The molecule has 1 heterocycles. The van der Waals surface area contributed by atoms with E-state index in [1.165, 1.54) is 5.56 Å². The summed E-state index contributed by atoms with van der Waals surface area (Å²) < 4.78 is 5.68. The molecule has 5 heteroatoms. The molecule has 3 rings (SSSR count). The molecular weight excluding hydrogens is 364 g/mol. The van der Waals surface area contributed by atoms with Gasteiger partial charge in [-0.25, -0.2) is 0 Å². The van der Waals surface area contributed by atoms with Gasteiger partial charge in [0.2, 0.25) is 11.8 Å². The van der Waals surface area contributed by atoms with E-state index in [2.05, 4.69) is 0 Å². The number of carbonyl (C=O) groups is 2. The van der Waals surface area contributed by atoms with Crippen LogP contribution >= 0.6 is 0 Å². The molecule has 0 saturated carbocycles. The summed E-state index contributed by atoms with van der Waals surface area (Å²) in [5, 5.41) is 0. The zero-order chi connectivity index (χ0) is 20.5. The van der Waals surface area contributed by atoms with Crippen LogP contribution in [0.25, 0.3) is 6.08 Å². The van der Waals surface area contributed by atoms with E-state index in [4.69, 9.17) is 4.74 Å². The van der Waals surface area contributed by atoms with Crippen LogP contribution in [0.15, 0.2) is 60.7 Å². The number of nitrogens with zero attached hydrogens (tertiary/aromatic N) is 2. The van der Waals surface area contributed by atoms with Gasteiger partial charge in [0, 0.05) is 38.7 Å². The predicted molar refractivity (Wildman–Crippen MR) is 115 cm³/mol. The van der Waals surface area contributed by atoms with E-state index in [1.807, 2.05) is 72.5 Å². The Labute approximate surface area is 172 Å². The van der Waals surface area contributed by atoms with Crippen LogP contribution in [0.4, 0.5) is 0 Å². The first-order valence-electron chi connectivity index (χ1n) is 10.1. The average Bonchev–Trinajstić information content (AvgIpc) is 2.77. The van der Waals surface area contributed by atoms with Gasteiger partial charge in [0.05, 0.1) is 6.61 Å². The van der Waals surface area contributed by atoms with E-state index in [1.54, 1.807) is 11.0 Å². The largest absolute Gasteiger partial charge is 0.494 e. The Hall–Kier alpha value is -3.08. The van der Waals surface area contributed by atoms with E-state index in [9.17, 15) is 9.59 Å². The molecule has 2 aromatic carbocycles. The minimum Gasteiger partial charge on any atom is -0.494 e. The molecule has 1 aliphatic heterocycles. The molecule has 0 atom stereocenters. The minimum absolute atomic E-state index is 0.00699. The molecule has 0 bridgehead atoms. The van der Waals surface area contributed by atoms with Crippen molar-refractivity contribution in [3.63, 3.8) is 0 Å². The van der Waals surface area contributed by atoms with Crippen LogP contribution in [0.1, 0.15) is 24.0 Å². The topological polar surface area (TPSA) is 49.9 Å². The Kier molecular flexibility index (Phi) is 7.45. The number of rotatable bonds is 7. The summed E-state index contributed by atoms with van der Waals surface area (Å²) in [4.78, 5) is 28.4. The van der Waals surface area contributed by atoms with Crippen LogP contribution < -0.4 is 4.74 Å². The van der Waals surface area contributed by atoms with Gasteiger partial charge in [-0.3, -0.25) is 9.59 Å². The zero-order valence-electron chi connectivity index (χ0n) is 16.9. The number of aryl methyl sites for hydroxylation is 1. The molecule has 0 aliphatic carbocycles. The SMILES string of the molecule is Cc1ccc(OCCCC(=O)N2CCN(C(=O)/C=C/c3ccccc3)CC2)cc1. The van der Waals surface area contributed by atoms with Crippen LogP contribution in [-0.2, 0) is 9.59 Å². The summed E-state index contributed by atoms with van der Waals surface area (Å²) in [6, 6.07) is 17.7. The molecular formula is C24H28N2O3. The number of benzene rings is 2. The van der Waals surface area contributed by atoms with Crippen molar-refractivity contribution >= 4 is 17.9 Å². The number of piperazine rings is 1. The molecule has 1 fully saturated rings. The quantitative estimate of drug-likeness (QED) is 0.535. The summed E-state index contributed by atoms with van der Waals surface area (Å²) in [5.74, 6) is 0.954. The number of hydrogen-bond donors (Lipinski definition) is 0. The van der Waals surface area contributed by atoms with Crippen molar-refractivity contribution in [2.45, 2.75) is 19.8 Å². The Morgan fingerprint density at radius 1 is 0.931 bits per heavy atom. The van der Waals surface area contributed by atoms with Crippen molar-refractivity contribution in [1.82, 2.24) is 9.80 Å². The lowest BCUT2D eigenvalue weighted by Gasteiger charge is -2.34. The monoisotopic (exact) mass is 392 g/mol. The normalized spacial score (nSPS) is 14.2. The molecule has 29 heavy (non-hydrogen) atoms. The molecule has 0 spiro atoms. The maximum atomic E-state index is 12.4.